The molecule has 0 aliphatic carbocycles. The molecule has 0 aliphatic rings. The average molecular weight is 225 g/mol. The van der Waals surface area contributed by atoms with Crippen LogP contribution in [-0.2, 0) is 9.59 Å². The van der Waals surface area contributed by atoms with E-state index in [9.17, 15) is 19.8 Å². The average Bonchev–Trinajstić information content (AvgIpc) is 2.03. The van der Waals surface area contributed by atoms with Crippen molar-refractivity contribution in [2.24, 2.45) is 11.3 Å². The molecule has 0 aliphatic heterocycles. The number of hydrogen-bond donors (Lipinski definition) is 0. The van der Waals surface area contributed by atoms with Crippen LogP contribution in [0.2, 0.25) is 0 Å². The maximum atomic E-state index is 10.9. The van der Waals surface area contributed by atoms with E-state index in [-0.39, 0.29) is 29.5 Å². The molecular weight excluding hydrogens is 208 g/mol. The molecule has 0 N–H and O–H groups in total. The van der Waals surface area contributed by atoms with Crippen LogP contribution in [0.3, 0.4) is 0 Å². The van der Waals surface area contributed by atoms with Crippen molar-refractivity contribution in [3.8, 4) is 0 Å². The molecule has 0 saturated carbocycles. The van der Waals surface area contributed by atoms with Gasteiger partial charge in [0.15, 0.2) is 0 Å². The van der Waals surface area contributed by atoms with Gasteiger partial charge in [0.1, 0.15) is 0 Å². The van der Waals surface area contributed by atoms with Gasteiger partial charge in [0.2, 0.25) is 0 Å². The summed E-state index contributed by atoms with van der Waals surface area (Å²) in [6.45, 7) is 4.98. The Kier molecular flexibility index (Phi) is 8.05. The van der Waals surface area contributed by atoms with Gasteiger partial charge in [0.05, 0.1) is 17.4 Å². The Morgan fingerprint density at radius 3 is 1.80 bits per heavy atom. The zero-order valence-corrected chi connectivity index (χ0v) is 11.0. The molecule has 5 heteroatoms. The molecule has 0 bridgehead atoms. The van der Waals surface area contributed by atoms with E-state index in [0.717, 1.165) is 6.42 Å². The predicted octanol–water partition coefficient (Wildman–Crippen LogP) is -1.06. The molecule has 4 nitrogen and oxygen atoms in total. The standard InChI is InChI=1S/C10H18O4.Mg/c1-4-5-6-10(7(2)3,8(11)12)9(13)14;/h7H,4-6H2,1-3H3,(H,11,12)(H,13,14);/q;+2/p-2. The molecule has 0 aromatic rings. The first-order valence-electron chi connectivity index (χ1n) is 4.82. The third-order valence-corrected chi connectivity index (χ3v) is 2.64. The van der Waals surface area contributed by atoms with E-state index in [1.807, 2.05) is 6.92 Å². The maximum absolute atomic E-state index is 10.9. The number of carboxylic acid groups (broad SMARTS) is 2. The van der Waals surface area contributed by atoms with Crippen LogP contribution in [0.25, 0.3) is 0 Å². The number of rotatable bonds is 6. The fraction of sp³-hybridized carbons (Fsp3) is 0.800. The third kappa shape index (κ3) is 3.64. The van der Waals surface area contributed by atoms with Crippen molar-refractivity contribution in [3.63, 3.8) is 0 Å². The van der Waals surface area contributed by atoms with Gasteiger partial charge in [-0.3, -0.25) is 0 Å². The zero-order valence-electron chi connectivity index (χ0n) is 9.54. The van der Waals surface area contributed by atoms with E-state index in [0.29, 0.717) is 6.42 Å². The largest absolute Gasteiger partial charge is 2.00 e. The van der Waals surface area contributed by atoms with Crippen LogP contribution in [0.1, 0.15) is 40.0 Å². The number of carbonyl (C=O) groups excluding carboxylic acids is 2. The Morgan fingerprint density at radius 2 is 1.60 bits per heavy atom. The van der Waals surface area contributed by atoms with Crippen LogP contribution in [-0.4, -0.2) is 35.0 Å². The minimum Gasteiger partial charge on any atom is -0.549 e. The summed E-state index contributed by atoms with van der Waals surface area (Å²) in [5.74, 6) is -3.61. The number of unbranched alkanes of at least 4 members (excludes halogenated alkanes) is 1. The molecule has 0 fully saturated rings. The van der Waals surface area contributed by atoms with Gasteiger partial charge >= 0.3 is 23.1 Å². The van der Waals surface area contributed by atoms with Crippen molar-refractivity contribution in [3.05, 3.63) is 0 Å². The fourth-order valence-electron chi connectivity index (χ4n) is 1.50. The molecule has 0 atom stereocenters. The number of carboxylic acids is 2. The summed E-state index contributed by atoms with van der Waals surface area (Å²) in [6, 6.07) is 0. The van der Waals surface area contributed by atoms with Gasteiger partial charge < -0.3 is 19.8 Å². The second-order valence-corrected chi connectivity index (χ2v) is 3.80. The molecule has 0 amide bonds. The van der Waals surface area contributed by atoms with Crippen molar-refractivity contribution in [1.29, 1.82) is 0 Å². The Balaban J connectivity index is 0. The van der Waals surface area contributed by atoms with Crippen LogP contribution in [0.15, 0.2) is 0 Å². The van der Waals surface area contributed by atoms with Crippen LogP contribution in [0.5, 0.6) is 0 Å². The summed E-state index contributed by atoms with van der Waals surface area (Å²) in [6.07, 6.45) is 1.36. The van der Waals surface area contributed by atoms with Crippen LogP contribution in [0.4, 0.5) is 0 Å². The van der Waals surface area contributed by atoms with Crippen molar-refractivity contribution in [1.82, 2.24) is 0 Å². The molecule has 0 spiro atoms. The first-order valence-corrected chi connectivity index (χ1v) is 4.82. The molecule has 0 rings (SSSR count). The molecular formula is C10H16MgO4. The van der Waals surface area contributed by atoms with Gasteiger partial charge in [-0.1, -0.05) is 33.6 Å². The topological polar surface area (TPSA) is 80.3 Å². The SMILES string of the molecule is CCCCC(C(=O)[O-])(C(=O)[O-])C(C)C.[Mg+2]. The van der Waals surface area contributed by atoms with Gasteiger partial charge in [-0.2, -0.15) is 0 Å². The summed E-state index contributed by atoms with van der Waals surface area (Å²) in [5, 5.41) is 21.8. The van der Waals surface area contributed by atoms with E-state index < -0.39 is 23.3 Å². The van der Waals surface area contributed by atoms with Crippen molar-refractivity contribution >= 4 is 35.0 Å². The minimum absolute atomic E-state index is 0. The second-order valence-electron chi connectivity index (χ2n) is 3.80. The summed E-state index contributed by atoms with van der Waals surface area (Å²) in [5.41, 5.74) is -1.84. The van der Waals surface area contributed by atoms with Gasteiger partial charge in [0, 0.05) is 0 Å². The summed E-state index contributed by atoms with van der Waals surface area (Å²) < 4.78 is 0. The first-order chi connectivity index (χ1) is 6.39. The van der Waals surface area contributed by atoms with E-state index in [2.05, 4.69) is 0 Å². The molecule has 0 radical (unpaired) electrons. The van der Waals surface area contributed by atoms with E-state index in [1.54, 1.807) is 13.8 Å². The van der Waals surface area contributed by atoms with Gasteiger partial charge in [-0.25, -0.2) is 0 Å². The first kappa shape index (κ1) is 17.1. The monoisotopic (exact) mass is 224 g/mol. The van der Waals surface area contributed by atoms with Gasteiger partial charge in [0.25, 0.3) is 0 Å². The Bertz CT molecular complexity index is 211. The zero-order chi connectivity index (χ0) is 11.4. The molecule has 0 heterocycles. The van der Waals surface area contributed by atoms with E-state index in [1.165, 1.54) is 0 Å². The van der Waals surface area contributed by atoms with Crippen molar-refractivity contribution in [2.75, 3.05) is 0 Å². The summed E-state index contributed by atoms with van der Waals surface area (Å²) >= 11 is 0. The number of carbonyl (C=O) groups is 2. The smallest absolute Gasteiger partial charge is 0.549 e. The van der Waals surface area contributed by atoms with Crippen LogP contribution < -0.4 is 10.2 Å². The van der Waals surface area contributed by atoms with Gasteiger partial charge in [-0.15, -0.1) is 0 Å². The maximum Gasteiger partial charge on any atom is 2.00 e. The molecule has 15 heavy (non-hydrogen) atoms. The fourth-order valence-corrected chi connectivity index (χ4v) is 1.50. The van der Waals surface area contributed by atoms with Crippen molar-refractivity contribution < 1.29 is 19.8 Å². The van der Waals surface area contributed by atoms with E-state index in [4.69, 9.17) is 0 Å². The Labute approximate surface area is 106 Å². The molecule has 0 saturated heterocycles. The Morgan fingerprint density at radius 1 is 1.20 bits per heavy atom. The molecule has 82 valence electrons. The van der Waals surface area contributed by atoms with Crippen LogP contribution in [0, 0.1) is 11.3 Å². The summed E-state index contributed by atoms with van der Waals surface area (Å²) in [4.78, 5) is 21.8. The van der Waals surface area contributed by atoms with Crippen LogP contribution >= 0.6 is 0 Å². The Hall–Kier alpha value is -0.294. The molecule has 0 aromatic carbocycles. The number of hydrogen-bond acceptors (Lipinski definition) is 4. The molecule has 0 unspecified atom stereocenters. The minimum atomic E-state index is -1.84. The second kappa shape index (κ2) is 7.06. The van der Waals surface area contributed by atoms with E-state index >= 15 is 0 Å². The quantitative estimate of drug-likeness (QED) is 0.425. The predicted molar refractivity (Wildman–Crippen MR) is 52.6 cm³/mol. The van der Waals surface area contributed by atoms with Crippen molar-refractivity contribution in [2.45, 2.75) is 40.0 Å². The number of aliphatic carboxylic acids is 2. The summed E-state index contributed by atoms with van der Waals surface area (Å²) in [7, 11) is 0. The normalized spacial score (nSPS) is 10.9. The molecule has 0 aromatic heterocycles. The van der Waals surface area contributed by atoms with Gasteiger partial charge in [-0.05, 0) is 12.3 Å². The third-order valence-electron chi connectivity index (χ3n) is 2.64.